The molecular formula is C10H21NO2. The minimum atomic E-state index is -0.733. The average Bonchev–Trinajstić information content (AvgIpc) is 1.95. The van der Waals surface area contributed by atoms with Crippen LogP contribution in [0.1, 0.15) is 34.1 Å². The zero-order chi connectivity index (χ0) is 10.5. The maximum Gasteiger partial charge on any atom is 0.307 e. The number of hydrogen-bond acceptors (Lipinski definition) is 2. The van der Waals surface area contributed by atoms with Crippen LogP contribution in [-0.2, 0) is 4.79 Å². The number of nitrogens with one attached hydrogen (secondary N) is 1. The first kappa shape index (κ1) is 12.4. The number of aliphatic carboxylic acids is 1. The summed E-state index contributed by atoms with van der Waals surface area (Å²) in [5, 5.41) is 11.7. The zero-order valence-electron chi connectivity index (χ0n) is 9.05. The fourth-order valence-electron chi connectivity index (χ4n) is 0.869. The van der Waals surface area contributed by atoms with Crippen molar-refractivity contribution in [2.24, 2.45) is 11.3 Å². The summed E-state index contributed by atoms with van der Waals surface area (Å²) >= 11 is 0. The molecule has 0 aromatic carbocycles. The van der Waals surface area contributed by atoms with Crippen LogP contribution in [0.25, 0.3) is 0 Å². The molecule has 13 heavy (non-hydrogen) atoms. The van der Waals surface area contributed by atoms with Crippen molar-refractivity contribution in [3.63, 3.8) is 0 Å². The average molecular weight is 187 g/mol. The maximum atomic E-state index is 10.5. The van der Waals surface area contributed by atoms with Gasteiger partial charge in [-0.1, -0.05) is 27.7 Å². The maximum absolute atomic E-state index is 10.5. The van der Waals surface area contributed by atoms with E-state index in [0.717, 1.165) is 13.0 Å². The minimum Gasteiger partial charge on any atom is -0.481 e. The van der Waals surface area contributed by atoms with E-state index in [1.807, 2.05) is 0 Å². The zero-order valence-corrected chi connectivity index (χ0v) is 9.05. The molecule has 0 heterocycles. The van der Waals surface area contributed by atoms with Gasteiger partial charge in [0, 0.05) is 6.54 Å². The molecule has 0 amide bonds. The van der Waals surface area contributed by atoms with Crippen LogP contribution in [-0.4, -0.2) is 24.2 Å². The fourth-order valence-corrected chi connectivity index (χ4v) is 0.869. The van der Waals surface area contributed by atoms with Gasteiger partial charge in [0.05, 0.1) is 5.92 Å². The van der Waals surface area contributed by atoms with Crippen LogP contribution in [0.5, 0.6) is 0 Å². The van der Waals surface area contributed by atoms with Gasteiger partial charge in [0.15, 0.2) is 0 Å². The number of rotatable bonds is 5. The second-order valence-electron chi connectivity index (χ2n) is 4.75. The summed E-state index contributed by atoms with van der Waals surface area (Å²) in [6, 6.07) is 0. The molecule has 0 spiro atoms. The van der Waals surface area contributed by atoms with Gasteiger partial charge in [0.2, 0.25) is 0 Å². The van der Waals surface area contributed by atoms with E-state index >= 15 is 0 Å². The van der Waals surface area contributed by atoms with E-state index in [0.29, 0.717) is 12.0 Å². The van der Waals surface area contributed by atoms with Gasteiger partial charge in [-0.3, -0.25) is 4.79 Å². The molecule has 0 aliphatic carbocycles. The van der Waals surface area contributed by atoms with Gasteiger partial charge in [-0.2, -0.15) is 0 Å². The Bertz CT molecular complexity index is 161. The minimum absolute atomic E-state index is 0.292. The van der Waals surface area contributed by atoms with Crippen LogP contribution in [0, 0.1) is 11.3 Å². The van der Waals surface area contributed by atoms with Gasteiger partial charge < -0.3 is 10.4 Å². The van der Waals surface area contributed by atoms with Crippen molar-refractivity contribution in [2.45, 2.75) is 34.1 Å². The fraction of sp³-hybridized carbons (Fsp3) is 0.900. The van der Waals surface area contributed by atoms with Gasteiger partial charge in [0.25, 0.3) is 0 Å². The van der Waals surface area contributed by atoms with Crippen molar-refractivity contribution in [1.29, 1.82) is 0 Å². The molecule has 0 bridgehead atoms. The predicted molar refractivity (Wildman–Crippen MR) is 53.7 cm³/mol. The Labute approximate surface area is 80.5 Å². The summed E-state index contributed by atoms with van der Waals surface area (Å²) in [5.74, 6) is -1.02. The molecule has 0 saturated carbocycles. The second kappa shape index (κ2) is 5.22. The SMILES string of the molecule is CC(CNCCC(C)(C)C)C(=O)O. The molecule has 1 unspecified atom stereocenters. The van der Waals surface area contributed by atoms with Crippen LogP contribution in [0.4, 0.5) is 0 Å². The smallest absolute Gasteiger partial charge is 0.307 e. The monoisotopic (exact) mass is 187 g/mol. The van der Waals surface area contributed by atoms with Crippen molar-refractivity contribution in [3.8, 4) is 0 Å². The third-order valence-corrected chi connectivity index (χ3v) is 1.92. The molecule has 3 nitrogen and oxygen atoms in total. The van der Waals surface area contributed by atoms with Crippen molar-refractivity contribution < 1.29 is 9.90 Å². The lowest BCUT2D eigenvalue weighted by Crippen LogP contribution is -2.28. The van der Waals surface area contributed by atoms with Crippen LogP contribution >= 0.6 is 0 Å². The predicted octanol–water partition coefficient (Wildman–Crippen LogP) is 1.73. The first-order valence-electron chi connectivity index (χ1n) is 4.76. The lowest BCUT2D eigenvalue weighted by atomic mass is 9.92. The third-order valence-electron chi connectivity index (χ3n) is 1.92. The molecule has 0 aliphatic heterocycles. The van der Waals surface area contributed by atoms with Crippen LogP contribution < -0.4 is 5.32 Å². The molecule has 3 heteroatoms. The summed E-state index contributed by atoms with van der Waals surface area (Å²) in [4.78, 5) is 10.5. The van der Waals surface area contributed by atoms with E-state index < -0.39 is 5.97 Å². The van der Waals surface area contributed by atoms with Crippen molar-refractivity contribution in [1.82, 2.24) is 5.32 Å². The molecule has 0 aromatic heterocycles. The number of carboxylic acid groups (broad SMARTS) is 1. The van der Waals surface area contributed by atoms with Crippen molar-refractivity contribution >= 4 is 5.97 Å². The standard InChI is InChI=1S/C10H21NO2/c1-8(9(12)13)7-11-6-5-10(2,3)4/h8,11H,5-7H2,1-4H3,(H,12,13). The molecule has 1 atom stereocenters. The summed E-state index contributed by atoms with van der Waals surface area (Å²) in [6.45, 7) is 9.69. The third kappa shape index (κ3) is 7.78. The lowest BCUT2D eigenvalue weighted by molar-refractivity contribution is -0.140. The van der Waals surface area contributed by atoms with E-state index in [1.54, 1.807) is 6.92 Å². The number of carbonyl (C=O) groups is 1. The normalized spacial score (nSPS) is 14.2. The van der Waals surface area contributed by atoms with E-state index in [4.69, 9.17) is 5.11 Å². The molecule has 0 fully saturated rings. The Kier molecular flexibility index (Phi) is 4.99. The summed E-state index contributed by atoms with van der Waals surface area (Å²) < 4.78 is 0. The number of carboxylic acids is 1. The Hall–Kier alpha value is -0.570. The van der Waals surface area contributed by atoms with Crippen molar-refractivity contribution in [3.05, 3.63) is 0 Å². The van der Waals surface area contributed by atoms with Gasteiger partial charge in [-0.05, 0) is 18.4 Å². The largest absolute Gasteiger partial charge is 0.481 e. The van der Waals surface area contributed by atoms with Gasteiger partial charge in [0.1, 0.15) is 0 Å². The van der Waals surface area contributed by atoms with Crippen LogP contribution in [0.2, 0.25) is 0 Å². The highest BCUT2D eigenvalue weighted by atomic mass is 16.4. The van der Waals surface area contributed by atoms with Crippen molar-refractivity contribution in [2.75, 3.05) is 13.1 Å². The summed E-state index contributed by atoms with van der Waals surface area (Å²) in [5.41, 5.74) is 0.319. The highest BCUT2D eigenvalue weighted by molar-refractivity contribution is 5.69. The topological polar surface area (TPSA) is 49.3 Å². The van der Waals surface area contributed by atoms with E-state index in [9.17, 15) is 4.79 Å². The highest BCUT2D eigenvalue weighted by Gasteiger charge is 2.12. The molecule has 0 aromatic rings. The second-order valence-corrected chi connectivity index (χ2v) is 4.75. The molecule has 0 rings (SSSR count). The van der Waals surface area contributed by atoms with E-state index in [-0.39, 0.29) is 5.92 Å². The highest BCUT2D eigenvalue weighted by Crippen LogP contribution is 2.16. The van der Waals surface area contributed by atoms with Gasteiger partial charge >= 0.3 is 5.97 Å². The molecule has 78 valence electrons. The van der Waals surface area contributed by atoms with E-state index in [1.165, 1.54) is 0 Å². The summed E-state index contributed by atoms with van der Waals surface area (Å²) in [7, 11) is 0. The summed E-state index contributed by atoms with van der Waals surface area (Å²) in [6.07, 6.45) is 1.07. The number of hydrogen-bond donors (Lipinski definition) is 2. The molecule has 0 radical (unpaired) electrons. The molecular weight excluding hydrogens is 166 g/mol. The van der Waals surface area contributed by atoms with Crippen LogP contribution in [0.3, 0.4) is 0 Å². The Balaban J connectivity index is 3.41. The lowest BCUT2D eigenvalue weighted by Gasteiger charge is -2.18. The quantitative estimate of drug-likeness (QED) is 0.644. The van der Waals surface area contributed by atoms with Crippen LogP contribution in [0.15, 0.2) is 0 Å². The van der Waals surface area contributed by atoms with E-state index in [2.05, 4.69) is 26.1 Å². The molecule has 2 N–H and O–H groups in total. The molecule has 0 aliphatic rings. The van der Waals surface area contributed by atoms with Gasteiger partial charge in [-0.15, -0.1) is 0 Å². The molecule has 0 saturated heterocycles. The Morgan fingerprint density at radius 2 is 2.00 bits per heavy atom. The first-order chi connectivity index (χ1) is 5.83. The Morgan fingerprint density at radius 1 is 1.46 bits per heavy atom. The Morgan fingerprint density at radius 3 is 2.38 bits per heavy atom. The first-order valence-corrected chi connectivity index (χ1v) is 4.76. The van der Waals surface area contributed by atoms with Gasteiger partial charge in [-0.25, -0.2) is 0 Å².